The number of halogens is 1. The van der Waals surface area contributed by atoms with Crippen LogP contribution in [0.25, 0.3) is 0 Å². The number of rotatable bonds is 2. The van der Waals surface area contributed by atoms with Crippen LogP contribution in [0, 0.1) is 6.92 Å². The molecule has 2 N–H and O–H groups in total. The first-order chi connectivity index (χ1) is 7.65. The lowest BCUT2D eigenvalue weighted by Crippen LogP contribution is -1.80. The maximum atomic E-state index is 5.57. The maximum absolute atomic E-state index is 5.57. The van der Waals surface area contributed by atoms with Gasteiger partial charge in [0.15, 0.2) is 10.1 Å². The number of anilines is 1. The highest BCUT2D eigenvalue weighted by molar-refractivity contribution is 9.10. The molecule has 0 aliphatic heterocycles. The van der Waals surface area contributed by atoms with E-state index in [1.54, 1.807) is 0 Å². The van der Waals surface area contributed by atoms with Crippen molar-refractivity contribution in [3.05, 3.63) is 34.4 Å². The van der Waals surface area contributed by atoms with E-state index in [4.69, 9.17) is 5.73 Å². The molecule has 0 spiro atoms. The number of nitrogen functional groups attached to an aromatic ring is 1. The van der Waals surface area contributed by atoms with Crippen molar-refractivity contribution in [3.63, 3.8) is 0 Å². The molecular weight excluding hydrogens is 288 g/mol. The zero-order valence-corrected chi connectivity index (χ0v) is 10.9. The lowest BCUT2D eigenvalue weighted by atomic mass is 10.3. The summed E-state index contributed by atoms with van der Waals surface area (Å²) in [6, 6.07) is 7.62. The molecule has 0 aliphatic carbocycles. The van der Waals surface area contributed by atoms with Crippen LogP contribution in [-0.2, 0) is 0 Å². The van der Waals surface area contributed by atoms with Crippen LogP contribution in [0.15, 0.2) is 39.0 Å². The molecule has 0 unspecified atom stereocenters. The van der Waals surface area contributed by atoms with E-state index in [1.165, 1.54) is 11.3 Å². The Hall–Kier alpha value is -1.27. The highest BCUT2D eigenvalue weighted by Gasteiger charge is 2.03. The molecule has 82 valence electrons. The third kappa shape index (κ3) is 2.65. The monoisotopic (exact) mass is 296 g/mol. The van der Waals surface area contributed by atoms with Crippen molar-refractivity contribution in [2.75, 3.05) is 5.73 Å². The summed E-state index contributed by atoms with van der Waals surface area (Å²) in [5.41, 5.74) is 7.17. The molecule has 0 amide bonds. The smallest absolute Gasteiger partial charge is 0.182 e. The van der Waals surface area contributed by atoms with E-state index >= 15 is 0 Å². The molecule has 1 aromatic carbocycles. The molecule has 2 aromatic rings. The van der Waals surface area contributed by atoms with E-state index in [2.05, 4.69) is 31.1 Å². The van der Waals surface area contributed by atoms with Crippen molar-refractivity contribution in [3.8, 4) is 0 Å². The second-order valence-corrected chi connectivity index (χ2v) is 5.05. The Bertz CT molecular complexity index is 535. The van der Waals surface area contributed by atoms with E-state index in [-0.39, 0.29) is 0 Å². The minimum atomic E-state index is 0.515. The van der Waals surface area contributed by atoms with Gasteiger partial charge >= 0.3 is 0 Å². The Kier molecular flexibility index (Phi) is 3.31. The average Bonchev–Trinajstić information content (AvgIpc) is 2.54. The van der Waals surface area contributed by atoms with Gasteiger partial charge in [-0.15, -0.1) is 10.2 Å². The van der Waals surface area contributed by atoms with Gasteiger partial charge in [-0.3, -0.25) is 0 Å². The molecule has 0 fully saturated rings. The highest BCUT2D eigenvalue weighted by Crippen LogP contribution is 2.30. The van der Waals surface area contributed by atoms with Crippen LogP contribution in [0.1, 0.15) is 5.69 Å². The molecule has 16 heavy (non-hydrogen) atoms. The van der Waals surface area contributed by atoms with Crippen molar-refractivity contribution < 1.29 is 0 Å². The molecule has 6 heteroatoms. The predicted molar refractivity (Wildman–Crippen MR) is 69.6 cm³/mol. The lowest BCUT2D eigenvalue weighted by Gasteiger charge is -1.92. The molecule has 4 nitrogen and oxygen atoms in total. The summed E-state index contributed by atoms with van der Waals surface area (Å²) in [7, 11) is 0. The highest BCUT2D eigenvalue weighted by atomic mass is 79.9. The van der Waals surface area contributed by atoms with E-state index in [0.717, 1.165) is 20.9 Å². The Morgan fingerprint density at radius 1 is 1.38 bits per heavy atom. The fourth-order valence-electron chi connectivity index (χ4n) is 1.14. The Morgan fingerprint density at radius 3 is 2.81 bits per heavy atom. The molecule has 0 aliphatic rings. The summed E-state index contributed by atoms with van der Waals surface area (Å²) >= 11 is 4.71. The zero-order valence-electron chi connectivity index (χ0n) is 8.51. The summed E-state index contributed by atoms with van der Waals surface area (Å²) in [6.07, 6.45) is 0. The summed E-state index contributed by atoms with van der Waals surface area (Å²) in [4.78, 5) is 4.07. The summed E-state index contributed by atoms with van der Waals surface area (Å²) in [5.74, 6) is 0. The third-order valence-electron chi connectivity index (χ3n) is 1.85. The van der Waals surface area contributed by atoms with Crippen molar-refractivity contribution in [1.29, 1.82) is 0 Å². The molecule has 0 bridgehead atoms. The van der Waals surface area contributed by atoms with Crippen LogP contribution in [0.3, 0.4) is 0 Å². The SMILES string of the molecule is Cc1nc(N)sc1N=Nc1cccc(Br)c1. The summed E-state index contributed by atoms with van der Waals surface area (Å²) in [6.45, 7) is 1.86. The fourth-order valence-corrected chi connectivity index (χ4v) is 2.19. The molecule has 1 heterocycles. The summed E-state index contributed by atoms with van der Waals surface area (Å²) in [5, 5.41) is 9.50. The van der Waals surface area contributed by atoms with E-state index in [0.29, 0.717) is 5.13 Å². The van der Waals surface area contributed by atoms with Crippen LogP contribution in [0.4, 0.5) is 15.8 Å². The normalized spacial score (nSPS) is 11.1. The molecule has 0 radical (unpaired) electrons. The molecule has 0 saturated heterocycles. The third-order valence-corrected chi connectivity index (χ3v) is 3.22. The van der Waals surface area contributed by atoms with Gasteiger partial charge in [0.25, 0.3) is 0 Å². The van der Waals surface area contributed by atoms with Crippen LogP contribution >= 0.6 is 27.3 Å². The molecule has 0 saturated carbocycles. The quantitative estimate of drug-likeness (QED) is 0.844. The van der Waals surface area contributed by atoms with E-state index in [1.807, 2.05) is 31.2 Å². The largest absolute Gasteiger partial charge is 0.375 e. The second-order valence-electron chi connectivity index (χ2n) is 3.12. The maximum Gasteiger partial charge on any atom is 0.182 e. The van der Waals surface area contributed by atoms with Gasteiger partial charge in [-0.2, -0.15) is 0 Å². The number of aryl methyl sites for hydroxylation is 1. The first-order valence-electron chi connectivity index (χ1n) is 4.55. The molecule has 0 atom stereocenters. The van der Waals surface area contributed by atoms with Gasteiger partial charge in [0.05, 0.1) is 11.4 Å². The number of benzene rings is 1. The van der Waals surface area contributed by atoms with Crippen LogP contribution < -0.4 is 5.73 Å². The van der Waals surface area contributed by atoms with Gasteiger partial charge in [-0.05, 0) is 25.1 Å². The standard InChI is InChI=1S/C10H9BrN4S/c1-6-9(16-10(12)13-6)15-14-8-4-2-3-7(11)5-8/h2-5H,1H3,(H2,12,13). The molecule has 1 aromatic heterocycles. The predicted octanol–water partition coefficient (Wildman–Crippen LogP) is 4.21. The number of nitrogens with zero attached hydrogens (tertiary/aromatic N) is 3. The van der Waals surface area contributed by atoms with Crippen molar-refractivity contribution in [2.45, 2.75) is 6.92 Å². The number of azo groups is 1. The minimum absolute atomic E-state index is 0.515. The van der Waals surface area contributed by atoms with Crippen LogP contribution in [0.2, 0.25) is 0 Å². The molecular formula is C10H9BrN4S. The van der Waals surface area contributed by atoms with Gasteiger partial charge in [-0.25, -0.2) is 4.98 Å². The Balaban J connectivity index is 2.24. The van der Waals surface area contributed by atoms with Crippen molar-refractivity contribution in [2.24, 2.45) is 10.2 Å². The van der Waals surface area contributed by atoms with Crippen LogP contribution in [0.5, 0.6) is 0 Å². The fraction of sp³-hybridized carbons (Fsp3) is 0.100. The van der Waals surface area contributed by atoms with Gasteiger partial charge in [-0.1, -0.05) is 33.3 Å². The Labute approximate surface area is 105 Å². The van der Waals surface area contributed by atoms with Gasteiger partial charge in [0, 0.05) is 4.47 Å². The van der Waals surface area contributed by atoms with E-state index in [9.17, 15) is 0 Å². The average molecular weight is 297 g/mol. The van der Waals surface area contributed by atoms with Crippen molar-refractivity contribution >= 4 is 43.1 Å². The number of hydrogen-bond acceptors (Lipinski definition) is 5. The first-order valence-corrected chi connectivity index (χ1v) is 6.16. The lowest BCUT2D eigenvalue weighted by molar-refractivity contribution is 1.19. The summed E-state index contributed by atoms with van der Waals surface area (Å²) < 4.78 is 0.976. The second kappa shape index (κ2) is 4.71. The Morgan fingerprint density at radius 2 is 2.19 bits per heavy atom. The number of nitrogens with two attached hydrogens (primary N) is 1. The number of hydrogen-bond donors (Lipinski definition) is 1. The van der Waals surface area contributed by atoms with Crippen LogP contribution in [-0.4, -0.2) is 4.98 Å². The number of thiazole rings is 1. The topological polar surface area (TPSA) is 63.6 Å². The minimum Gasteiger partial charge on any atom is -0.375 e. The van der Waals surface area contributed by atoms with Crippen molar-refractivity contribution in [1.82, 2.24) is 4.98 Å². The van der Waals surface area contributed by atoms with Gasteiger partial charge < -0.3 is 5.73 Å². The zero-order chi connectivity index (χ0) is 11.5. The first kappa shape index (κ1) is 11.2. The van der Waals surface area contributed by atoms with E-state index < -0.39 is 0 Å². The molecule has 2 rings (SSSR count). The van der Waals surface area contributed by atoms with Gasteiger partial charge in [0.2, 0.25) is 0 Å². The number of aromatic nitrogens is 1. The van der Waals surface area contributed by atoms with Gasteiger partial charge in [0.1, 0.15) is 0 Å².